The Bertz CT molecular complexity index is 714. The quantitative estimate of drug-likeness (QED) is 0.328. The molecule has 1 unspecified atom stereocenters. The fourth-order valence-corrected chi connectivity index (χ4v) is 2.22. The summed E-state index contributed by atoms with van der Waals surface area (Å²) >= 11 is 0. The highest BCUT2D eigenvalue weighted by Gasteiger charge is 2.44. The van der Waals surface area contributed by atoms with Gasteiger partial charge in [-0.15, -0.1) is 0 Å². The van der Waals surface area contributed by atoms with Crippen molar-refractivity contribution in [3.63, 3.8) is 0 Å². The van der Waals surface area contributed by atoms with E-state index in [4.69, 9.17) is 4.74 Å². The minimum absolute atomic E-state index is 0.0777. The van der Waals surface area contributed by atoms with Crippen molar-refractivity contribution < 1.29 is 29.2 Å². The number of nitro benzene ring substituents is 1. The number of nitro groups is 1. The first-order chi connectivity index (χ1) is 11.6. The van der Waals surface area contributed by atoms with E-state index in [1.54, 1.807) is 0 Å². The van der Waals surface area contributed by atoms with Crippen LogP contribution < -0.4 is 5.32 Å². The van der Waals surface area contributed by atoms with Crippen LogP contribution in [0, 0.1) is 10.1 Å². The number of urea groups is 1. The maximum atomic E-state index is 12.0. The van der Waals surface area contributed by atoms with Crippen LogP contribution in [0.1, 0.15) is 24.2 Å². The molecule has 3 amide bonds. The number of benzene rings is 1. The van der Waals surface area contributed by atoms with E-state index >= 15 is 0 Å². The maximum Gasteiger partial charge on any atom is 0.338 e. The SMILES string of the molecule is CC1(C)NC(=O)N(CC(O)COC(=O)c2ccc([N+](=O)[O-])cc2)C1=O. The Morgan fingerprint density at radius 3 is 2.44 bits per heavy atom. The van der Waals surface area contributed by atoms with Crippen LogP contribution in [0.5, 0.6) is 0 Å². The number of β-amino-alcohol motifs (C(OH)–C–C–N with tert-alkyl or cyclic N) is 1. The molecule has 1 saturated heterocycles. The van der Waals surface area contributed by atoms with Gasteiger partial charge in [0.15, 0.2) is 0 Å². The number of carbonyl (C=O) groups is 3. The number of aliphatic hydroxyl groups excluding tert-OH is 1. The molecular formula is C15H17N3O7. The molecule has 134 valence electrons. The zero-order valence-corrected chi connectivity index (χ0v) is 13.6. The van der Waals surface area contributed by atoms with Gasteiger partial charge in [-0.25, -0.2) is 9.59 Å². The lowest BCUT2D eigenvalue weighted by molar-refractivity contribution is -0.384. The van der Waals surface area contributed by atoms with Crippen LogP contribution in [0.25, 0.3) is 0 Å². The zero-order valence-electron chi connectivity index (χ0n) is 13.6. The summed E-state index contributed by atoms with van der Waals surface area (Å²) in [7, 11) is 0. The second-order valence-corrected chi connectivity index (χ2v) is 6.03. The number of imide groups is 1. The van der Waals surface area contributed by atoms with Crippen molar-refractivity contribution in [2.24, 2.45) is 0 Å². The van der Waals surface area contributed by atoms with E-state index in [9.17, 15) is 29.6 Å². The molecule has 1 aromatic rings. The third-order valence-corrected chi connectivity index (χ3v) is 3.56. The van der Waals surface area contributed by atoms with E-state index in [0.717, 1.165) is 17.0 Å². The van der Waals surface area contributed by atoms with Crippen LogP contribution in [-0.2, 0) is 9.53 Å². The Labute approximate surface area is 142 Å². The molecule has 0 saturated carbocycles. The van der Waals surface area contributed by atoms with Crippen LogP contribution in [0.15, 0.2) is 24.3 Å². The zero-order chi connectivity index (χ0) is 18.8. The molecule has 1 aliphatic heterocycles. The number of carbonyl (C=O) groups excluding carboxylic acids is 3. The summed E-state index contributed by atoms with van der Waals surface area (Å²) in [4.78, 5) is 46.3. The summed E-state index contributed by atoms with van der Waals surface area (Å²) in [5.74, 6) is -1.27. The number of non-ortho nitro benzene ring substituents is 1. The Balaban J connectivity index is 1.88. The van der Waals surface area contributed by atoms with Crippen molar-refractivity contribution in [2.45, 2.75) is 25.5 Å². The minimum Gasteiger partial charge on any atom is -0.459 e. The van der Waals surface area contributed by atoms with Crippen molar-refractivity contribution >= 4 is 23.6 Å². The van der Waals surface area contributed by atoms with E-state index in [2.05, 4.69) is 5.32 Å². The summed E-state index contributed by atoms with van der Waals surface area (Å²) in [5.41, 5.74) is -1.14. The highest BCUT2D eigenvalue weighted by molar-refractivity contribution is 6.06. The second kappa shape index (κ2) is 6.85. The lowest BCUT2D eigenvalue weighted by Crippen LogP contribution is -2.42. The van der Waals surface area contributed by atoms with Gasteiger partial charge < -0.3 is 15.2 Å². The monoisotopic (exact) mass is 351 g/mol. The smallest absolute Gasteiger partial charge is 0.338 e. The fourth-order valence-electron chi connectivity index (χ4n) is 2.22. The Morgan fingerprint density at radius 2 is 1.96 bits per heavy atom. The molecule has 1 heterocycles. The number of esters is 1. The van der Waals surface area contributed by atoms with E-state index < -0.39 is 41.1 Å². The van der Waals surface area contributed by atoms with E-state index in [1.807, 2.05) is 0 Å². The number of rotatable bonds is 6. The average Bonchev–Trinajstić information content (AvgIpc) is 2.74. The predicted molar refractivity (Wildman–Crippen MR) is 83.7 cm³/mol. The first-order valence-electron chi connectivity index (χ1n) is 7.35. The minimum atomic E-state index is -1.26. The van der Waals surface area contributed by atoms with Gasteiger partial charge in [0.25, 0.3) is 11.6 Å². The van der Waals surface area contributed by atoms with Gasteiger partial charge in [-0.1, -0.05) is 0 Å². The number of nitrogens with one attached hydrogen (secondary N) is 1. The van der Waals surface area contributed by atoms with Crippen LogP contribution >= 0.6 is 0 Å². The van der Waals surface area contributed by atoms with Crippen molar-refractivity contribution in [3.8, 4) is 0 Å². The molecule has 2 N–H and O–H groups in total. The molecule has 0 spiro atoms. The summed E-state index contributed by atoms with van der Waals surface area (Å²) < 4.78 is 4.89. The maximum absolute atomic E-state index is 12.0. The van der Waals surface area contributed by atoms with Gasteiger partial charge in [0.05, 0.1) is 17.0 Å². The molecule has 10 heteroatoms. The standard InChI is InChI=1S/C15H17N3O7/c1-15(2)13(21)17(14(22)16-15)7-11(19)8-25-12(20)9-3-5-10(6-4-9)18(23)24/h3-6,11,19H,7-8H2,1-2H3,(H,16,22). The van der Waals surface area contributed by atoms with Crippen LogP contribution in [0.4, 0.5) is 10.5 Å². The molecule has 0 radical (unpaired) electrons. The lowest BCUT2D eigenvalue weighted by atomic mass is 10.1. The van der Waals surface area contributed by atoms with Gasteiger partial charge in [-0.3, -0.25) is 19.8 Å². The number of hydrogen-bond donors (Lipinski definition) is 2. The molecule has 2 rings (SSSR count). The number of nitrogens with zero attached hydrogens (tertiary/aromatic N) is 2. The molecule has 0 aliphatic carbocycles. The Hall–Kier alpha value is -3.01. The normalized spacial score (nSPS) is 17.2. The fraction of sp³-hybridized carbons (Fsp3) is 0.400. The molecule has 0 aromatic heterocycles. The topological polar surface area (TPSA) is 139 Å². The van der Waals surface area contributed by atoms with E-state index in [0.29, 0.717) is 0 Å². The number of ether oxygens (including phenoxy) is 1. The largest absolute Gasteiger partial charge is 0.459 e. The van der Waals surface area contributed by atoms with Crippen molar-refractivity contribution in [1.82, 2.24) is 10.2 Å². The third-order valence-electron chi connectivity index (χ3n) is 3.56. The first kappa shape index (κ1) is 18.3. The van der Waals surface area contributed by atoms with Gasteiger partial charge in [0.1, 0.15) is 18.2 Å². The second-order valence-electron chi connectivity index (χ2n) is 6.03. The summed E-state index contributed by atoms with van der Waals surface area (Å²) in [6.07, 6.45) is -1.26. The Kier molecular flexibility index (Phi) is 5.02. The predicted octanol–water partition coefficient (Wildman–Crippen LogP) is 0.443. The van der Waals surface area contributed by atoms with Crippen LogP contribution in [0.2, 0.25) is 0 Å². The average molecular weight is 351 g/mol. The van der Waals surface area contributed by atoms with Crippen molar-refractivity contribution in [1.29, 1.82) is 0 Å². The lowest BCUT2D eigenvalue weighted by Gasteiger charge is -2.19. The molecule has 1 fully saturated rings. The third kappa shape index (κ3) is 4.10. The number of aliphatic hydroxyl groups is 1. The molecule has 25 heavy (non-hydrogen) atoms. The van der Waals surface area contributed by atoms with Gasteiger partial charge in [0, 0.05) is 12.1 Å². The molecule has 1 aromatic carbocycles. The van der Waals surface area contributed by atoms with Gasteiger partial charge in [0.2, 0.25) is 0 Å². The van der Waals surface area contributed by atoms with Crippen molar-refractivity contribution in [2.75, 3.05) is 13.2 Å². The van der Waals surface area contributed by atoms with E-state index in [-0.39, 0.29) is 17.8 Å². The number of amides is 3. The number of hydrogen-bond acceptors (Lipinski definition) is 7. The molecule has 0 bridgehead atoms. The van der Waals surface area contributed by atoms with Gasteiger partial charge in [-0.05, 0) is 26.0 Å². The highest BCUT2D eigenvalue weighted by Crippen LogP contribution is 2.17. The molecule has 1 aliphatic rings. The van der Waals surface area contributed by atoms with Gasteiger partial charge in [-0.2, -0.15) is 0 Å². The van der Waals surface area contributed by atoms with E-state index in [1.165, 1.54) is 26.0 Å². The first-order valence-corrected chi connectivity index (χ1v) is 7.35. The summed E-state index contributed by atoms with van der Waals surface area (Å²) in [5, 5.41) is 22.9. The van der Waals surface area contributed by atoms with Gasteiger partial charge >= 0.3 is 12.0 Å². The summed E-state index contributed by atoms with van der Waals surface area (Å²) in [6.45, 7) is 2.32. The Morgan fingerprint density at radius 1 is 1.36 bits per heavy atom. The summed E-state index contributed by atoms with van der Waals surface area (Å²) in [6, 6.07) is 4.14. The van der Waals surface area contributed by atoms with Crippen molar-refractivity contribution in [3.05, 3.63) is 39.9 Å². The molecule has 10 nitrogen and oxygen atoms in total. The highest BCUT2D eigenvalue weighted by atomic mass is 16.6. The molecule has 1 atom stereocenters. The molecular weight excluding hydrogens is 334 g/mol. The van der Waals surface area contributed by atoms with Crippen LogP contribution in [0.3, 0.4) is 0 Å². The van der Waals surface area contributed by atoms with Crippen LogP contribution in [-0.4, -0.2) is 57.6 Å².